The van der Waals surface area contributed by atoms with Crippen molar-refractivity contribution in [2.75, 3.05) is 11.9 Å². The lowest BCUT2D eigenvalue weighted by atomic mass is 9.84. The lowest BCUT2D eigenvalue weighted by Gasteiger charge is -2.29. The molecule has 1 aliphatic heterocycles. The third-order valence-electron chi connectivity index (χ3n) is 8.91. The summed E-state index contributed by atoms with van der Waals surface area (Å²) in [5, 5.41) is 7.93. The van der Waals surface area contributed by atoms with Crippen LogP contribution in [0.2, 0.25) is 0 Å². The van der Waals surface area contributed by atoms with Gasteiger partial charge >= 0.3 is 24.4 Å². The highest BCUT2D eigenvalue weighted by molar-refractivity contribution is 5.73. The SMILES string of the molecule is CCOC(=O)Cn1ccc(-c2cnc(NC(C)C3CCCCC3)cc2CN2C(=O)O[C@H](c3cc(C(F)(F)F)cc(C(F)(F)F)c3)[C@@H]2C)n1. The highest BCUT2D eigenvalue weighted by atomic mass is 19.4. The average Bonchev–Trinajstić information content (AvgIpc) is 3.60. The molecule has 1 amide bonds. The predicted molar refractivity (Wildman–Crippen MR) is 162 cm³/mol. The monoisotopic (exact) mass is 681 g/mol. The smallest absolute Gasteiger partial charge is 0.416 e. The number of amides is 1. The van der Waals surface area contributed by atoms with Crippen LogP contribution < -0.4 is 5.32 Å². The maximum Gasteiger partial charge on any atom is 0.416 e. The van der Waals surface area contributed by atoms with Crippen LogP contribution in [0.4, 0.5) is 37.0 Å². The van der Waals surface area contributed by atoms with Crippen LogP contribution in [0, 0.1) is 5.92 Å². The van der Waals surface area contributed by atoms with Crippen molar-refractivity contribution in [2.45, 2.75) is 96.5 Å². The van der Waals surface area contributed by atoms with E-state index >= 15 is 0 Å². The molecule has 3 aromatic rings. The Labute approximate surface area is 273 Å². The minimum absolute atomic E-state index is 0.0376. The maximum absolute atomic E-state index is 13.6. The van der Waals surface area contributed by atoms with Gasteiger partial charge in [0.25, 0.3) is 0 Å². The molecule has 2 aliphatic rings. The second kappa shape index (κ2) is 14.0. The van der Waals surface area contributed by atoms with Gasteiger partial charge in [0, 0.05) is 24.0 Å². The predicted octanol–water partition coefficient (Wildman–Crippen LogP) is 8.01. The van der Waals surface area contributed by atoms with E-state index in [-0.39, 0.29) is 31.8 Å². The Kier molecular flexibility index (Phi) is 10.2. The summed E-state index contributed by atoms with van der Waals surface area (Å²) in [4.78, 5) is 31.1. The Morgan fingerprint density at radius 3 is 2.35 bits per heavy atom. The van der Waals surface area contributed by atoms with Gasteiger partial charge in [0.2, 0.25) is 0 Å². The van der Waals surface area contributed by atoms with E-state index in [0.717, 1.165) is 25.7 Å². The number of alkyl halides is 6. The topological polar surface area (TPSA) is 98.6 Å². The summed E-state index contributed by atoms with van der Waals surface area (Å²) < 4.78 is 93.4. The summed E-state index contributed by atoms with van der Waals surface area (Å²) in [5.41, 5.74) is -1.92. The van der Waals surface area contributed by atoms with E-state index < -0.39 is 53.3 Å². The first-order valence-electron chi connectivity index (χ1n) is 15.9. The number of hydrogen-bond donors (Lipinski definition) is 1. The van der Waals surface area contributed by atoms with Crippen molar-refractivity contribution >= 4 is 17.9 Å². The van der Waals surface area contributed by atoms with Gasteiger partial charge in [-0.25, -0.2) is 9.78 Å². The molecule has 3 atom stereocenters. The van der Waals surface area contributed by atoms with E-state index in [1.165, 1.54) is 22.9 Å². The van der Waals surface area contributed by atoms with Crippen molar-refractivity contribution in [3.05, 3.63) is 65.0 Å². The molecule has 9 nitrogen and oxygen atoms in total. The lowest BCUT2D eigenvalue weighted by molar-refractivity contribution is -0.144. The van der Waals surface area contributed by atoms with Crippen LogP contribution in [-0.2, 0) is 39.7 Å². The first-order chi connectivity index (χ1) is 22.6. The van der Waals surface area contributed by atoms with Gasteiger partial charge in [0.15, 0.2) is 0 Å². The molecule has 1 unspecified atom stereocenters. The van der Waals surface area contributed by atoms with Gasteiger partial charge < -0.3 is 14.8 Å². The number of halogens is 6. The highest BCUT2D eigenvalue weighted by Crippen LogP contribution is 2.41. The van der Waals surface area contributed by atoms with Crippen molar-refractivity contribution in [3.63, 3.8) is 0 Å². The van der Waals surface area contributed by atoms with Crippen molar-refractivity contribution in [1.29, 1.82) is 0 Å². The zero-order valence-corrected chi connectivity index (χ0v) is 26.7. The first kappa shape index (κ1) is 35.0. The second-order valence-electron chi connectivity index (χ2n) is 12.3. The molecular weight excluding hydrogens is 644 g/mol. The fraction of sp³-hybridized carbons (Fsp3) is 0.515. The average molecular weight is 682 g/mol. The summed E-state index contributed by atoms with van der Waals surface area (Å²) in [6.45, 7) is 5.23. The van der Waals surface area contributed by atoms with Crippen LogP contribution in [0.15, 0.2) is 42.7 Å². The molecule has 2 fully saturated rings. The van der Waals surface area contributed by atoms with E-state index in [2.05, 4.69) is 22.3 Å². The van der Waals surface area contributed by atoms with Crippen molar-refractivity contribution in [1.82, 2.24) is 19.7 Å². The fourth-order valence-corrected chi connectivity index (χ4v) is 6.34. The fourth-order valence-electron chi connectivity index (χ4n) is 6.34. The van der Waals surface area contributed by atoms with E-state index in [1.807, 2.05) is 0 Å². The van der Waals surface area contributed by atoms with Crippen LogP contribution in [0.3, 0.4) is 0 Å². The third-order valence-corrected chi connectivity index (χ3v) is 8.91. The minimum atomic E-state index is -5.05. The van der Waals surface area contributed by atoms with Crippen LogP contribution in [-0.4, -0.2) is 50.4 Å². The van der Waals surface area contributed by atoms with Gasteiger partial charge in [0.05, 0.1) is 36.0 Å². The quantitative estimate of drug-likeness (QED) is 0.171. The molecular formula is C33H37F6N5O4. The van der Waals surface area contributed by atoms with Crippen LogP contribution in [0.5, 0.6) is 0 Å². The van der Waals surface area contributed by atoms with Gasteiger partial charge in [-0.1, -0.05) is 19.3 Å². The number of anilines is 1. The van der Waals surface area contributed by atoms with Gasteiger partial charge in [0.1, 0.15) is 18.5 Å². The summed E-state index contributed by atoms with van der Waals surface area (Å²) in [6, 6.07) is 3.76. The summed E-state index contributed by atoms with van der Waals surface area (Å²) >= 11 is 0. The third kappa shape index (κ3) is 8.04. The summed E-state index contributed by atoms with van der Waals surface area (Å²) in [6.07, 6.45) is -3.59. The zero-order valence-electron chi connectivity index (χ0n) is 26.7. The number of pyridine rings is 1. The van der Waals surface area contributed by atoms with E-state index in [4.69, 9.17) is 9.47 Å². The molecule has 1 N–H and O–H groups in total. The molecule has 2 aromatic heterocycles. The number of ether oxygens (including phenoxy) is 2. The number of nitrogens with one attached hydrogen (secondary N) is 1. The molecule has 5 rings (SSSR count). The largest absolute Gasteiger partial charge is 0.465 e. The highest BCUT2D eigenvalue weighted by Gasteiger charge is 2.43. The number of hydrogen-bond acceptors (Lipinski definition) is 7. The minimum Gasteiger partial charge on any atom is -0.465 e. The maximum atomic E-state index is 13.6. The molecule has 1 saturated heterocycles. The number of nitrogens with zero attached hydrogens (tertiary/aromatic N) is 4. The van der Waals surface area contributed by atoms with E-state index in [0.29, 0.717) is 40.7 Å². The van der Waals surface area contributed by atoms with Gasteiger partial charge in [-0.05, 0) is 81.0 Å². The molecule has 1 aromatic carbocycles. The standard InChI is InChI=1S/C33H37F6N5O4/c1-4-47-29(45)18-43-11-10-27(42-43)26-16-40-28(41-19(2)21-8-6-5-7-9-21)14-23(26)17-44-20(3)30(48-31(44)46)22-12-24(32(34,35)36)15-25(13-22)33(37,38)39/h10-16,19-21,30H,4-9,17-18H2,1-3H3,(H,40,41)/t19?,20-,30-/m0/s1. The van der Waals surface area contributed by atoms with Crippen molar-refractivity contribution < 1.29 is 45.4 Å². The number of carbonyl (C=O) groups is 2. The van der Waals surface area contributed by atoms with Gasteiger partial charge in [-0.3, -0.25) is 14.4 Å². The number of benzene rings is 1. The normalized spacial score (nSPS) is 19.7. The molecule has 0 radical (unpaired) electrons. The van der Waals surface area contributed by atoms with Crippen LogP contribution >= 0.6 is 0 Å². The Morgan fingerprint density at radius 2 is 1.73 bits per heavy atom. The van der Waals surface area contributed by atoms with Crippen LogP contribution in [0.1, 0.15) is 81.2 Å². The van der Waals surface area contributed by atoms with Crippen molar-refractivity contribution in [2.24, 2.45) is 5.92 Å². The first-order valence-corrected chi connectivity index (χ1v) is 15.9. The van der Waals surface area contributed by atoms with E-state index in [9.17, 15) is 35.9 Å². The molecule has 260 valence electrons. The number of aromatic nitrogens is 3. The van der Waals surface area contributed by atoms with Crippen LogP contribution in [0.25, 0.3) is 11.3 Å². The van der Waals surface area contributed by atoms with Crippen molar-refractivity contribution in [3.8, 4) is 11.3 Å². The summed E-state index contributed by atoms with van der Waals surface area (Å²) in [5.74, 6) is 0.498. The Balaban J connectivity index is 1.46. The Hall–Kier alpha value is -4.30. The summed E-state index contributed by atoms with van der Waals surface area (Å²) in [7, 11) is 0. The molecule has 1 saturated carbocycles. The molecule has 1 aliphatic carbocycles. The molecule has 0 bridgehead atoms. The van der Waals surface area contributed by atoms with E-state index in [1.54, 1.807) is 31.5 Å². The molecule has 15 heteroatoms. The molecule has 48 heavy (non-hydrogen) atoms. The number of carbonyl (C=O) groups excluding carboxylic acids is 2. The Morgan fingerprint density at radius 1 is 1.06 bits per heavy atom. The second-order valence-corrected chi connectivity index (χ2v) is 12.3. The van der Waals surface area contributed by atoms with Gasteiger partial charge in [-0.2, -0.15) is 31.4 Å². The number of cyclic esters (lactones) is 1. The Bertz CT molecular complexity index is 1590. The zero-order chi connectivity index (χ0) is 34.8. The molecule has 0 spiro atoms. The molecule has 3 heterocycles. The van der Waals surface area contributed by atoms with Gasteiger partial charge in [-0.15, -0.1) is 0 Å². The number of rotatable bonds is 10. The lowest BCUT2D eigenvalue weighted by Crippen LogP contribution is -2.32. The number of esters is 1.